The highest BCUT2D eigenvalue weighted by molar-refractivity contribution is 5.85. The van der Waals surface area contributed by atoms with E-state index in [1.165, 1.54) is 4.68 Å². The van der Waals surface area contributed by atoms with Crippen LogP contribution in [0.2, 0.25) is 0 Å². The molecule has 0 aliphatic heterocycles. The van der Waals surface area contributed by atoms with Gasteiger partial charge in [-0.25, -0.2) is 0 Å². The number of carboxylic acids is 1. The number of carbonyl (C=O) groups is 1. The van der Waals surface area contributed by atoms with Gasteiger partial charge >= 0.3 is 5.97 Å². The number of hydrogen-bond donors (Lipinski definition) is 2. The Labute approximate surface area is 109 Å². The Morgan fingerprint density at radius 1 is 1.39 bits per heavy atom. The van der Waals surface area contributed by atoms with Crippen molar-refractivity contribution in [1.82, 2.24) is 20.2 Å². The Hall–Kier alpha value is -1.99. The van der Waals surface area contributed by atoms with Crippen molar-refractivity contribution in [2.45, 2.75) is 12.5 Å². The topological polar surface area (TPSA) is 107 Å². The molecule has 0 spiro atoms. The molecule has 0 aliphatic rings. The van der Waals surface area contributed by atoms with Crippen molar-refractivity contribution >= 4 is 18.4 Å². The predicted octanol–water partition coefficient (Wildman–Crippen LogP) is 0.0385. The Balaban J connectivity index is 0.00000162. The zero-order valence-corrected chi connectivity index (χ0v) is 10.1. The molecule has 0 fully saturated rings. The summed E-state index contributed by atoms with van der Waals surface area (Å²) in [5, 5.41) is 19.8. The van der Waals surface area contributed by atoms with E-state index in [1.54, 1.807) is 0 Å². The van der Waals surface area contributed by atoms with E-state index >= 15 is 0 Å². The molecule has 2 aromatic rings. The fraction of sp³-hybridized carbons (Fsp3) is 0.200. The Kier molecular flexibility index (Phi) is 4.75. The number of carboxylic acid groups (broad SMARTS) is 1. The summed E-state index contributed by atoms with van der Waals surface area (Å²) in [5.41, 5.74) is 6.21. The number of aromatic nitrogens is 4. The monoisotopic (exact) mass is 269 g/mol. The van der Waals surface area contributed by atoms with Crippen LogP contribution in [0.1, 0.15) is 5.82 Å². The number of aliphatic carboxylic acids is 1. The maximum Gasteiger partial charge on any atom is 0.320 e. The number of rotatable bonds is 4. The SMILES string of the molecule is Cl.NC(Cc1nnnn1-c1ccccc1)C(=O)O. The predicted molar refractivity (Wildman–Crippen MR) is 65.7 cm³/mol. The molecule has 0 aliphatic carbocycles. The fourth-order valence-electron chi connectivity index (χ4n) is 1.39. The van der Waals surface area contributed by atoms with Crippen molar-refractivity contribution in [3.63, 3.8) is 0 Å². The minimum absolute atomic E-state index is 0. The molecule has 1 atom stereocenters. The maximum atomic E-state index is 10.7. The van der Waals surface area contributed by atoms with E-state index in [0.29, 0.717) is 5.82 Å². The van der Waals surface area contributed by atoms with Gasteiger partial charge in [-0.15, -0.1) is 17.5 Å². The Morgan fingerprint density at radius 2 is 2.06 bits per heavy atom. The van der Waals surface area contributed by atoms with Gasteiger partial charge in [-0.3, -0.25) is 4.79 Å². The highest BCUT2D eigenvalue weighted by atomic mass is 35.5. The zero-order chi connectivity index (χ0) is 12.3. The normalized spacial score (nSPS) is 11.6. The van der Waals surface area contributed by atoms with Gasteiger partial charge in [0.1, 0.15) is 6.04 Å². The summed E-state index contributed by atoms with van der Waals surface area (Å²) in [6, 6.07) is 8.20. The standard InChI is InChI=1S/C10H11N5O2.ClH/c11-8(10(16)17)6-9-12-13-14-15(9)7-4-2-1-3-5-7;/h1-5,8H,6,11H2,(H,16,17);1H. The summed E-state index contributed by atoms with van der Waals surface area (Å²) < 4.78 is 1.48. The minimum atomic E-state index is -1.08. The first-order valence-electron chi connectivity index (χ1n) is 4.99. The van der Waals surface area contributed by atoms with Crippen molar-refractivity contribution in [3.8, 4) is 5.69 Å². The summed E-state index contributed by atoms with van der Waals surface area (Å²) in [4.78, 5) is 10.7. The molecule has 0 amide bonds. The minimum Gasteiger partial charge on any atom is -0.480 e. The first-order chi connectivity index (χ1) is 8.18. The fourth-order valence-corrected chi connectivity index (χ4v) is 1.39. The second-order valence-electron chi connectivity index (χ2n) is 3.49. The van der Waals surface area contributed by atoms with Gasteiger partial charge in [0.2, 0.25) is 0 Å². The first-order valence-corrected chi connectivity index (χ1v) is 4.99. The first kappa shape index (κ1) is 14.1. The number of nitrogens with zero attached hydrogens (tertiary/aromatic N) is 4. The lowest BCUT2D eigenvalue weighted by Gasteiger charge is -2.06. The summed E-state index contributed by atoms with van der Waals surface area (Å²) in [6.07, 6.45) is 0.0806. The van der Waals surface area contributed by atoms with Crippen LogP contribution in [0.4, 0.5) is 0 Å². The maximum absolute atomic E-state index is 10.7. The Morgan fingerprint density at radius 3 is 2.67 bits per heavy atom. The molecule has 0 radical (unpaired) electrons. The van der Waals surface area contributed by atoms with Crippen molar-refractivity contribution in [2.24, 2.45) is 5.73 Å². The van der Waals surface area contributed by atoms with Crippen LogP contribution in [0, 0.1) is 0 Å². The largest absolute Gasteiger partial charge is 0.480 e. The van der Waals surface area contributed by atoms with E-state index in [9.17, 15) is 4.79 Å². The van der Waals surface area contributed by atoms with E-state index < -0.39 is 12.0 Å². The van der Waals surface area contributed by atoms with Crippen LogP contribution in [0.5, 0.6) is 0 Å². The molecule has 1 aromatic carbocycles. The average Bonchev–Trinajstić information content (AvgIpc) is 2.78. The summed E-state index contributed by atoms with van der Waals surface area (Å²) in [6.45, 7) is 0. The molecule has 0 bridgehead atoms. The van der Waals surface area contributed by atoms with Gasteiger partial charge in [-0.2, -0.15) is 4.68 Å². The second kappa shape index (κ2) is 6.08. The molecule has 8 heteroatoms. The molecule has 2 rings (SSSR count). The van der Waals surface area contributed by atoms with E-state index in [2.05, 4.69) is 15.5 Å². The Bertz CT molecular complexity index is 516. The third-order valence-electron chi connectivity index (χ3n) is 2.25. The molecule has 1 heterocycles. The van der Waals surface area contributed by atoms with Crippen molar-refractivity contribution in [1.29, 1.82) is 0 Å². The van der Waals surface area contributed by atoms with Crippen LogP contribution < -0.4 is 5.73 Å². The average molecular weight is 270 g/mol. The van der Waals surface area contributed by atoms with E-state index in [4.69, 9.17) is 10.8 Å². The molecule has 1 unspecified atom stereocenters. The van der Waals surface area contributed by atoms with Gasteiger partial charge < -0.3 is 10.8 Å². The van der Waals surface area contributed by atoms with Gasteiger partial charge in [0, 0.05) is 6.42 Å². The quantitative estimate of drug-likeness (QED) is 0.811. The molecular weight excluding hydrogens is 258 g/mol. The smallest absolute Gasteiger partial charge is 0.320 e. The molecule has 3 N–H and O–H groups in total. The van der Waals surface area contributed by atoms with Crippen molar-refractivity contribution in [3.05, 3.63) is 36.2 Å². The molecule has 0 saturated carbocycles. The van der Waals surface area contributed by atoms with Crippen molar-refractivity contribution in [2.75, 3.05) is 0 Å². The number of benzene rings is 1. The highest BCUT2D eigenvalue weighted by Crippen LogP contribution is 2.08. The highest BCUT2D eigenvalue weighted by Gasteiger charge is 2.17. The molecular formula is C10H12ClN5O2. The van der Waals surface area contributed by atoms with Gasteiger partial charge in [0.15, 0.2) is 5.82 Å². The lowest BCUT2D eigenvalue weighted by atomic mass is 10.2. The molecule has 1 aromatic heterocycles. The third-order valence-corrected chi connectivity index (χ3v) is 2.25. The lowest BCUT2D eigenvalue weighted by molar-refractivity contribution is -0.138. The van der Waals surface area contributed by atoms with Crippen LogP contribution in [0.15, 0.2) is 30.3 Å². The lowest BCUT2D eigenvalue weighted by Crippen LogP contribution is -2.33. The van der Waals surface area contributed by atoms with Crippen LogP contribution >= 0.6 is 12.4 Å². The molecule has 96 valence electrons. The van der Waals surface area contributed by atoms with Gasteiger partial charge in [0.05, 0.1) is 5.69 Å². The summed E-state index contributed by atoms with van der Waals surface area (Å²) >= 11 is 0. The molecule has 0 saturated heterocycles. The van der Waals surface area contributed by atoms with Gasteiger partial charge in [-0.05, 0) is 22.6 Å². The van der Waals surface area contributed by atoms with Crippen molar-refractivity contribution < 1.29 is 9.90 Å². The number of para-hydroxylation sites is 1. The second-order valence-corrected chi connectivity index (χ2v) is 3.49. The van der Waals surface area contributed by atoms with Gasteiger partial charge in [-0.1, -0.05) is 18.2 Å². The van der Waals surface area contributed by atoms with Crippen LogP contribution in [0.3, 0.4) is 0 Å². The van der Waals surface area contributed by atoms with Crippen LogP contribution in [0.25, 0.3) is 5.69 Å². The van der Waals surface area contributed by atoms with E-state index in [-0.39, 0.29) is 18.8 Å². The van der Waals surface area contributed by atoms with Crippen LogP contribution in [-0.2, 0) is 11.2 Å². The number of halogens is 1. The summed E-state index contributed by atoms with van der Waals surface area (Å²) in [7, 11) is 0. The summed E-state index contributed by atoms with van der Waals surface area (Å²) in [5.74, 6) is -0.654. The molecule has 7 nitrogen and oxygen atoms in total. The molecule has 18 heavy (non-hydrogen) atoms. The van der Waals surface area contributed by atoms with Crippen LogP contribution in [-0.4, -0.2) is 37.3 Å². The van der Waals surface area contributed by atoms with E-state index in [0.717, 1.165) is 5.69 Å². The van der Waals surface area contributed by atoms with Gasteiger partial charge in [0.25, 0.3) is 0 Å². The zero-order valence-electron chi connectivity index (χ0n) is 9.30. The number of tetrazole rings is 1. The number of hydrogen-bond acceptors (Lipinski definition) is 5. The third kappa shape index (κ3) is 3.02. The van der Waals surface area contributed by atoms with E-state index in [1.807, 2.05) is 30.3 Å². The number of nitrogens with two attached hydrogens (primary N) is 1.